The SMILES string of the molecule is OCC1(c2c(Cl)cncc2Cl)CC1. The molecule has 1 N–H and O–H groups in total. The molecule has 0 aromatic carbocycles. The highest BCUT2D eigenvalue weighted by Gasteiger charge is 2.46. The minimum Gasteiger partial charge on any atom is -0.395 e. The summed E-state index contributed by atoms with van der Waals surface area (Å²) in [7, 11) is 0. The zero-order chi connectivity index (χ0) is 9.47. The van der Waals surface area contributed by atoms with Gasteiger partial charge in [-0.1, -0.05) is 23.2 Å². The minimum atomic E-state index is -0.183. The molecule has 0 amide bonds. The van der Waals surface area contributed by atoms with Crippen LogP contribution < -0.4 is 0 Å². The second-order valence-corrected chi connectivity index (χ2v) is 4.23. The van der Waals surface area contributed by atoms with E-state index in [0.29, 0.717) is 10.0 Å². The smallest absolute Gasteiger partial charge is 0.0642 e. The summed E-state index contributed by atoms with van der Waals surface area (Å²) < 4.78 is 0. The number of hydrogen-bond donors (Lipinski definition) is 1. The van der Waals surface area contributed by atoms with Gasteiger partial charge in [-0.15, -0.1) is 0 Å². The molecule has 4 heteroatoms. The summed E-state index contributed by atoms with van der Waals surface area (Å²) in [6, 6.07) is 0. The fraction of sp³-hybridized carbons (Fsp3) is 0.444. The molecule has 13 heavy (non-hydrogen) atoms. The lowest BCUT2D eigenvalue weighted by molar-refractivity contribution is 0.255. The number of nitrogens with zero attached hydrogens (tertiary/aromatic N) is 1. The first-order chi connectivity index (χ1) is 6.19. The number of aliphatic hydroxyl groups is 1. The van der Waals surface area contributed by atoms with Gasteiger partial charge in [-0.05, 0) is 12.8 Å². The number of aromatic nitrogens is 1. The molecule has 0 bridgehead atoms. The van der Waals surface area contributed by atoms with Crippen LogP contribution in [0.5, 0.6) is 0 Å². The Kier molecular flexibility index (Phi) is 2.22. The third-order valence-corrected chi connectivity index (χ3v) is 3.11. The van der Waals surface area contributed by atoms with Gasteiger partial charge in [0.15, 0.2) is 0 Å². The molecular formula is C9H9Cl2NO. The van der Waals surface area contributed by atoms with Crippen LogP contribution in [0.25, 0.3) is 0 Å². The van der Waals surface area contributed by atoms with Crippen LogP contribution in [0.1, 0.15) is 18.4 Å². The Morgan fingerprint density at radius 1 is 1.31 bits per heavy atom. The highest BCUT2D eigenvalue weighted by Crippen LogP contribution is 2.52. The van der Waals surface area contributed by atoms with E-state index in [0.717, 1.165) is 18.4 Å². The van der Waals surface area contributed by atoms with E-state index in [1.54, 1.807) is 12.4 Å². The molecule has 1 fully saturated rings. The third-order valence-electron chi connectivity index (χ3n) is 2.54. The molecule has 2 nitrogen and oxygen atoms in total. The van der Waals surface area contributed by atoms with Gasteiger partial charge in [0, 0.05) is 23.4 Å². The van der Waals surface area contributed by atoms with Gasteiger partial charge in [0.05, 0.1) is 16.7 Å². The van der Waals surface area contributed by atoms with Crippen molar-refractivity contribution in [1.29, 1.82) is 0 Å². The van der Waals surface area contributed by atoms with E-state index >= 15 is 0 Å². The molecule has 0 unspecified atom stereocenters. The van der Waals surface area contributed by atoms with E-state index in [4.69, 9.17) is 23.2 Å². The molecule has 0 saturated heterocycles. The van der Waals surface area contributed by atoms with E-state index in [9.17, 15) is 5.11 Å². The zero-order valence-corrected chi connectivity index (χ0v) is 8.44. The average Bonchev–Trinajstić information content (AvgIpc) is 2.85. The summed E-state index contributed by atoms with van der Waals surface area (Å²) in [5, 5.41) is 10.3. The largest absolute Gasteiger partial charge is 0.395 e. The van der Waals surface area contributed by atoms with Crippen molar-refractivity contribution in [1.82, 2.24) is 4.98 Å². The Hall–Kier alpha value is -0.310. The molecular weight excluding hydrogens is 209 g/mol. The van der Waals surface area contributed by atoms with E-state index in [2.05, 4.69) is 4.98 Å². The molecule has 0 atom stereocenters. The van der Waals surface area contributed by atoms with Crippen LogP contribution >= 0.6 is 23.2 Å². The molecule has 1 aliphatic carbocycles. The molecule has 1 aromatic heterocycles. The Labute approximate surface area is 86.5 Å². The topological polar surface area (TPSA) is 33.1 Å². The summed E-state index contributed by atoms with van der Waals surface area (Å²) in [5.74, 6) is 0. The Balaban J connectivity index is 2.50. The van der Waals surface area contributed by atoms with Crippen LogP contribution in [0, 0.1) is 0 Å². The van der Waals surface area contributed by atoms with E-state index in [1.807, 2.05) is 0 Å². The van der Waals surface area contributed by atoms with Crippen molar-refractivity contribution >= 4 is 23.2 Å². The summed E-state index contributed by atoms with van der Waals surface area (Å²) in [5.41, 5.74) is 0.672. The van der Waals surface area contributed by atoms with Crippen molar-refractivity contribution in [2.24, 2.45) is 0 Å². The maximum Gasteiger partial charge on any atom is 0.0642 e. The van der Waals surface area contributed by atoms with E-state index < -0.39 is 0 Å². The molecule has 70 valence electrons. The maximum atomic E-state index is 9.22. The Bertz CT molecular complexity index is 316. The lowest BCUT2D eigenvalue weighted by Gasteiger charge is -2.14. The van der Waals surface area contributed by atoms with Crippen LogP contribution in [-0.2, 0) is 5.41 Å². The van der Waals surface area contributed by atoms with Gasteiger partial charge in [-0.25, -0.2) is 0 Å². The molecule has 2 rings (SSSR count). The summed E-state index contributed by atoms with van der Waals surface area (Å²) in [6.07, 6.45) is 5.04. The van der Waals surface area contributed by atoms with Crippen molar-refractivity contribution < 1.29 is 5.11 Å². The predicted octanol–water partition coefficient (Wildman–Crippen LogP) is 2.41. The number of hydrogen-bond acceptors (Lipinski definition) is 2. The van der Waals surface area contributed by atoms with Gasteiger partial charge in [0.2, 0.25) is 0 Å². The molecule has 0 spiro atoms. The number of rotatable bonds is 2. The molecule has 0 aliphatic heterocycles. The first-order valence-corrected chi connectivity index (χ1v) is 4.85. The quantitative estimate of drug-likeness (QED) is 0.826. The van der Waals surface area contributed by atoms with Gasteiger partial charge in [-0.2, -0.15) is 0 Å². The van der Waals surface area contributed by atoms with Crippen molar-refractivity contribution in [3.8, 4) is 0 Å². The van der Waals surface area contributed by atoms with Gasteiger partial charge >= 0.3 is 0 Å². The molecule has 1 aromatic rings. The lowest BCUT2D eigenvalue weighted by Crippen LogP contribution is -2.13. The van der Waals surface area contributed by atoms with E-state index in [-0.39, 0.29) is 12.0 Å². The highest BCUT2D eigenvalue weighted by molar-refractivity contribution is 6.36. The summed E-state index contributed by atoms with van der Waals surface area (Å²) >= 11 is 11.9. The fourth-order valence-electron chi connectivity index (χ4n) is 1.56. The van der Waals surface area contributed by atoms with Gasteiger partial charge < -0.3 is 5.11 Å². The van der Waals surface area contributed by atoms with Gasteiger partial charge in [0.1, 0.15) is 0 Å². The van der Waals surface area contributed by atoms with Crippen LogP contribution in [0.15, 0.2) is 12.4 Å². The average molecular weight is 218 g/mol. The normalized spacial score (nSPS) is 18.7. The number of aliphatic hydroxyl groups excluding tert-OH is 1. The molecule has 1 heterocycles. The summed E-state index contributed by atoms with van der Waals surface area (Å²) in [4.78, 5) is 3.87. The first-order valence-electron chi connectivity index (χ1n) is 4.10. The monoisotopic (exact) mass is 217 g/mol. The van der Waals surface area contributed by atoms with Crippen molar-refractivity contribution in [2.75, 3.05) is 6.61 Å². The standard InChI is InChI=1S/C9H9Cl2NO/c10-6-3-12-4-7(11)8(6)9(5-13)1-2-9/h3-4,13H,1-2,5H2. The second kappa shape index (κ2) is 3.12. The number of halogens is 2. The van der Waals surface area contributed by atoms with Crippen LogP contribution in [-0.4, -0.2) is 16.7 Å². The zero-order valence-electron chi connectivity index (χ0n) is 6.93. The number of pyridine rings is 1. The van der Waals surface area contributed by atoms with Crippen molar-refractivity contribution in [3.05, 3.63) is 28.0 Å². The Morgan fingerprint density at radius 2 is 1.85 bits per heavy atom. The second-order valence-electron chi connectivity index (χ2n) is 3.42. The first kappa shape index (κ1) is 9.25. The predicted molar refractivity (Wildman–Crippen MR) is 52.3 cm³/mol. The summed E-state index contributed by atoms with van der Waals surface area (Å²) in [6.45, 7) is 0.108. The van der Waals surface area contributed by atoms with E-state index in [1.165, 1.54) is 0 Å². The van der Waals surface area contributed by atoms with Crippen molar-refractivity contribution in [2.45, 2.75) is 18.3 Å². The van der Waals surface area contributed by atoms with Crippen molar-refractivity contribution in [3.63, 3.8) is 0 Å². The van der Waals surface area contributed by atoms with Gasteiger partial charge in [-0.3, -0.25) is 4.98 Å². The molecule has 0 radical (unpaired) electrons. The van der Waals surface area contributed by atoms with Crippen LogP contribution in [0.3, 0.4) is 0 Å². The maximum absolute atomic E-state index is 9.22. The lowest BCUT2D eigenvalue weighted by atomic mass is 9.98. The minimum absolute atomic E-state index is 0.108. The van der Waals surface area contributed by atoms with Crippen LogP contribution in [0.2, 0.25) is 10.0 Å². The molecule has 1 aliphatic rings. The van der Waals surface area contributed by atoms with Crippen LogP contribution in [0.4, 0.5) is 0 Å². The third kappa shape index (κ3) is 1.43. The van der Waals surface area contributed by atoms with Gasteiger partial charge in [0.25, 0.3) is 0 Å². The molecule has 1 saturated carbocycles. The fourth-order valence-corrected chi connectivity index (χ4v) is 2.32. The highest BCUT2D eigenvalue weighted by atomic mass is 35.5. The Morgan fingerprint density at radius 3 is 2.23 bits per heavy atom.